The molecule has 1 saturated heterocycles. The number of amides is 1. The Kier molecular flexibility index (Phi) is 4.09. The van der Waals surface area contributed by atoms with Gasteiger partial charge in [-0.3, -0.25) is 4.79 Å². The van der Waals surface area contributed by atoms with Crippen LogP contribution in [0.2, 0.25) is 0 Å². The highest BCUT2D eigenvalue weighted by molar-refractivity contribution is 7.10. The number of aromatic nitrogens is 3. The van der Waals surface area contributed by atoms with Crippen molar-refractivity contribution in [3.05, 3.63) is 39.5 Å². The second-order valence-electron chi connectivity index (χ2n) is 6.66. The number of anilines is 1. The van der Waals surface area contributed by atoms with Crippen LogP contribution >= 0.6 is 11.3 Å². The van der Waals surface area contributed by atoms with Gasteiger partial charge in [0, 0.05) is 36.8 Å². The van der Waals surface area contributed by atoms with E-state index in [2.05, 4.69) is 45.7 Å². The Morgan fingerprint density at radius 3 is 2.72 bits per heavy atom. The van der Waals surface area contributed by atoms with Crippen molar-refractivity contribution in [1.82, 2.24) is 24.6 Å². The lowest BCUT2D eigenvalue weighted by atomic mass is 9.98. The number of nitrogens with zero attached hydrogens (tertiary/aromatic N) is 5. The Morgan fingerprint density at radius 1 is 1.28 bits per heavy atom. The van der Waals surface area contributed by atoms with E-state index in [0.717, 1.165) is 42.3 Å². The lowest BCUT2D eigenvalue weighted by Crippen LogP contribution is -2.49. The summed E-state index contributed by atoms with van der Waals surface area (Å²) in [6.07, 6.45) is 1.54. The van der Waals surface area contributed by atoms with Crippen molar-refractivity contribution < 1.29 is 4.79 Å². The maximum atomic E-state index is 13.4. The first-order chi connectivity index (χ1) is 12.1. The van der Waals surface area contributed by atoms with Crippen molar-refractivity contribution in [2.24, 2.45) is 0 Å². The van der Waals surface area contributed by atoms with E-state index >= 15 is 0 Å². The predicted octanol–water partition coefficient (Wildman–Crippen LogP) is 1.71. The average Bonchev–Trinajstić information content (AvgIpc) is 3.22. The van der Waals surface area contributed by atoms with Crippen LogP contribution in [-0.2, 0) is 4.79 Å². The van der Waals surface area contributed by atoms with Gasteiger partial charge in [-0.05, 0) is 37.9 Å². The average molecular weight is 358 g/mol. The van der Waals surface area contributed by atoms with Crippen LogP contribution in [0.25, 0.3) is 0 Å². The standard InChI is InChI=1S/C17H22N6OS/c1-11-4-9-25-15(11)14-13(12(2)20-17-18-10-19-23(14)17)16(24)22-7-5-21(3)6-8-22/h4,9-10,14H,5-8H2,1-3H3,(H,18,19,20)/t14-/m1/s1. The fourth-order valence-electron chi connectivity index (χ4n) is 3.45. The van der Waals surface area contributed by atoms with Crippen molar-refractivity contribution in [1.29, 1.82) is 0 Å². The van der Waals surface area contributed by atoms with Crippen LogP contribution in [0.1, 0.15) is 23.4 Å². The Hall–Kier alpha value is -2.19. The van der Waals surface area contributed by atoms with Crippen molar-refractivity contribution in [3.8, 4) is 0 Å². The third kappa shape index (κ3) is 2.75. The van der Waals surface area contributed by atoms with Gasteiger partial charge in [-0.15, -0.1) is 11.3 Å². The molecule has 132 valence electrons. The van der Waals surface area contributed by atoms with E-state index in [1.165, 1.54) is 11.9 Å². The van der Waals surface area contributed by atoms with Gasteiger partial charge in [0.15, 0.2) is 0 Å². The van der Waals surface area contributed by atoms with Gasteiger partial charge in [0.25, 0.3) is 5.91 Å². The van der Waals surface area contributed by atoms with E-state index in [4.69, 9.17) is 0 Å². The molecule has 1 atom stereocenters. The Morgan fingerprint density at radius 2 is 2.04 bits per heavy atom. The first-order valence-corrected chi connectivity index (χ1v) is 9.33. The number of piperazine rings is 1. The molecule has 2 aromatic heterocycles. The Balaban J connectivity index is 1.76. The highest BCUT2D eigenvalue weighted by atomic mass is 32.1. The molecule has 0 spiro atoms. The van der Waals surface area contributed by atoms with Crippen LogP contribution < -0.4 is 5.32 Å². The molecule has 0 bridgehead atoms. The molecule has 25 heavy (non-hydrogen) atoms. The van der Waals surface area contributed by atoms with Crippen LogP contribution in [0, 0.1) is 6.92 Å². The topological polar surface area (TPSA) is 66.3 Å². The summed E-state index contributed by atoms with van der Waals surface area (Å²) in [5.41, 5.74) is 2.81. The van der Waals surface area contributed by atoms with Gasteiger partial charge in [-0.1, -0.05) is 0 Å². The van der Waals surface area contributed by atoms with Gasteiger partial charge in [-0.25, -0.2) is 4.68 Å². The van der Waals surface area contributed by atoms with Crippen LogP contribution in [0.5, 0.6) is 0 Å². The number of thiophene rings is 1. The van der Waals surface area contributed by atoms with Crippen molar-refractivity contribution >= 4 is 23.2 Å². The summed E-state index contributed by atoms with van der Waals surface area (Å²) in [5, 5.41) is 9.71. The summed E-state index contributed by atoms with van der Waals surface area (Å²) in [5.74, 6) is 0.780. The van der Waals surface area contributed by atoms with E-state index in [1.807, 2.05) is 16.5 Å². The molecule has 1 amide bonds. The summed E-state index contributed by atoms with van der Waals surface area (Å²) in [4.78, 5) is 23.0. The van der Waals surface area contributed by atoms with E-state index < -0.39 is 0 Å². The molecule has 1 N–H and O–H groups in total. The minimum Gasteiger partial charge on any atom is -0.336 e. The molecule has 2 aliphatic rings. The molecular formula is C17H22N6OS. The maximum absolute atomic E-state index is 13.4. The number of allylic oxidation sites excluding steroid dienone is 1. The number of nitrogens with one attached hydrogen (secondary N) is 1. The maximum Gasteiger partial charge on any atom is 0.254 e. The van der Waals surface area contributed by atoms with E-state index in [9.17, 15) is 4.79 Å². The van der Waals surface area contributed by atoms with E-state index in [1.54, 1.807) is 11.3 Å². The lowest BCUT2D eigenvalue weighted by molar-refractivity contribution is -0.129. The fraction of sp³-hybridized carbons (Fsp3) is 0.471. The first-order valence-electron chi connectivity index (χ1n) is 8.45. The molecule has 0 unspecified atom stereocenters. The number of carbonyl (C=O) groups is 1. The highest BCUT2D eigenvalue weighted by Gasteiger charge is 2.37. The normalized spacial score (nSPS) is 21.2. The molecule has 0 radical (unpaired) electrons. The van der Waals surface area contributed by atoms with E-state index in [-0.39, 0.29) is 11.9 Å². The fourth-order valence-corrected chi connectivity index (χ4v) is 4.47. The zero-order valence-electron chi connectivity index (χ0n) is 14.7. The van der Waals surface area contributed by atoms with Crippen molar-refractivity contribution in [2.75, 3.05) is 38.5 Å². The first kappa shape index (κ1) is 16.3. The molecule has 0 aliphatic carbocycles. The van der Waals surface area contributed by atoms with Crippen LogP contribution in [0.3, 0.4) is 0 Å². The zero-order valence-corrected chi connectivity index (χ0v) is 15.5. The summed E-state index contributed by atoms with van der Waals surface area (Å²) < 4.78 is 1.83. The van der Waals surface area contributed by atoms with Gasteiger partial charge in [0.05, 0.1) is 5.57 Å². The Bertz CT molecular complexity index is 830. The summed E-state index contributed by atoms with van der Waals surface area (Å²) in [6, 6.07) is 1.87. The lowest BCUT2D eigenvalue weighted by Gasteiger charge is -2.36. The number of fused-ring (bicyclic) bond motifs is 1. The third-order valence-electron chi connectivity index (χ3n) is 4.97. The number of likely N-dealkylation sites (N-methyl/N-ethyl adjacent to an activating group) is 1. The molecule has 2 aliphatic heterocycles. The largest absolute Gasteiger partial charge is 0.336 e. The Labute approximate surface area is 150 Å². The van der Waals surface area contributed by atoms with Crippen LogP contribution in [-0.4, -0.2) is 63.7 Å². The molecule has 4 rings (SSSR count). The minimum absolute atomic E-state index is 0.0945. The van der Waals surface area contributed by atoms with Gasteiger partial charge in [0.2, 0.25) is 5.95 Å². The van der Waals surface area contributed by atoms with Crippen LogP contribution in [0.4, 0.5) is 5.95 Å². The summed E-state index contributed by atoms with van der Waals surface area (Å²) in [6.45, 7) is 7.36. The van der Waals surface area contributed by atoms with Gasteiger partial charge in [0.1, 0.15) is 12.4 Å². The number of aryl methyl sites for hydroxylation is 1. The zero-order chi connectivity index (χ0) is 17.6. The SMILES string of the molecule is CC1=C(C(=O)N2CCN(C)CC2)[C@H](c2sccc2C)n2ncnc2N1. The second kappa shape index (κ2) is 6.27. The molecule has 4 heterocycles. The number of hydrogen-bond acceptors (Lipinski definition) is 6. The molecule has 1 fully saturated rings. The van der Waals surface area contributed by atoms with Crippen molar-refractivity contribution in [3.63, 3.8) is 0 Å². The molecule has 0 saturated carbocycles. The third-order valence-corrected chi connectivity index (χ3v) is 6.04. The monoisotopic (exact) mass is 358 g/mol. The number of hydrogen-bond donors (Lipinski definition) is 1. The molecule has 0 aromatic carbocycles. The summed E-state index contributed by atoms with van der Waals surface area (Å²) in [7, 11) is 2.09. The molecule has 2 aromatic rings. The van der Waals surface area contributed by atoms with Gasteiger partial charge >= 0.3 is 0 Å². The van der Waals surface area contributed by atoms with Crippen LogP contribution in [0.15, 0.2) is 29.0 Å². The van der Waals surface area contributed by atoms with Gasteiger partial charge in [-0.2, -0.15) is 10.1 Å². The molecule has 8 heteroatoms. The highest BCUT2D eigenvalue weighted by Crippen LogP contribution is 2.39. The number of carbonyl (C=O) groups excluding carboxylic acids is 1. The molecular weight excluding hydrogens is 336 g/mol. The quantitative estimate of drug-likeness (QED) is 0.885. The van der Waals surface area contributed by atoms with Gasteiger partial charge < -0.3 is 15.1 Å². The van der Waals surface area contributed by atoms with Crippen molar-refractivity contribution in [2.45, 2.75) is 19.9 Å². The molecule has 7 nitrogen and oxygen atoms in total. The summed E-state index contributed by atoms with van der Waals surface area (Å²) >= 11 is 1.66. The predicted molar refractivity (Wildman–Crippen MR) is 97.6 cm³/mol. The second-order valence-corrected chi connectivity index (χ2v) is 7.61. The smallest absolute Gasteiger partial charge is 0.254 e. The number of rotatable bonds is 2. The minimum atomic E-state index is -0.217. The van der Waals surface area contributed by atoms with E-state index in [0.29, 0.717) is 5.95 Å².